The minimum Gasteiger partial charge on any atom is -0.493 e. The zero-order valence-electron chi connectivity index (χ0n) is 14.0. The van der Waals surface area contributed by atoms with Crippen LogP contribution in [0.3, 0.4) is 0 Å². The largest absolute Gasteiger partial charge is 0.493 e. The van der Waals surface area contributed by atoms with Gasteiger partial charge in [-0.2, -0.15) is 10.1 Å². The van der Waals surface area contributed by atoms with Crippen LogP contribution in [0.25, 0.3) is 0 Å². The first-order chi connectivity index (χ1) is 13.0. The Kier molecular flexibility index (Phi) is 4.54. The van der Waals surface area contributed by atoms with E-state index < -0.39 is 18.0 Å². The summed E-state index contributed by atoms with van der Waals surface area (Å²) in [5, 5.41) is 26.4. The van der Waals surface area contributed by atoms with Gasteiger partial charge in [0.25, 0.3) is 0 Å². The highest BCUT2D eigenvalue weighted by atomic mass is 32.1. The third-order valence-corrected chi connectivity index (χ3v) is 5.06. The van der Waals surface area contributed by atoms with Crippen LogP contribution in [0, 0.1) is 5.82 Å². The van der Waals surface area contributed by atoms with Gasteiger partial charge >= 0.3 is 6.09 Å². The zero-order chi connectivity index (χ0) is 19.0. The number of hydrazone groups is 1. The van der Waals surface area contributed by atoms with Crippen molar-refractivity contribution in [3.63, 3.8) is 0 Å². The van der Waals surface area contributed by atoms with Crippen molar-refractivity contribution >= 4 is 40.3 Å². The van der Waals surface area contributed by atoms with Crippen LogP contribution in [0.2, 0.25) is 0 Å². The number of nitrogens with zero attached hydrogens (tertiary/aromatic N) is 5. The number of cyclic esters (lactones) is 1. The highest BCUT2D eigenvalue weighted by molar-refractivity contribution is 7.13. The van der Waals surface area contributed by atoms with E-state index >= 15 is 0 Å². The monoisotopic (exact) mass is 393 g/mol. The van der Waals surface area contributed by atoms with Crippen molar-refractivity contribution in [3.05, 3.63) is 29.4 Å². The molecule has 0 spiro atoms. The Morgan fingerprint density at radius 2 is 2.22 bits per heavy atom. The van der Waals surface area contributed by atoms with Gasteiger partial charge in [0.05, 0.1) is 36.5 Å². The zero-order valence-corrected chi connectivity index (χ0v) is 14.8. The molecule has 27 heavy (non-hydrogen) atoms. The fraction of sp³-hybridized carbons (Fsp3) is 0.312. The molecule has 1 fully saturated rings. The Morgan fingerprint density at radius 3 is 2.81 bits per heavy atom. The summed E-state index contributed by atoms with van der Waals surface area (Å²) >= 11 is 1.27. The lowest BCUT2D eigenvalue weighted by molar-refractivity contribution is 0.0963. The summed E-state index contributed by atoms with van der Waals surface area (Å²) in [6.45, 7) is 0.842. The van der Waals surface area contributed by atoms with E-state index in [-0.39, 0.29) is 19.0 Å². The van der Waals surface area contributed by atoms with Gasteiger partial charge in [0, 0.05) is 6.54 Å². The molecule has 2 aliphatic rings. The summed E-state index contributed by atoms with van der Waals surface area (Å²) in [5.74, 6) is -0.558. The number of benzene rings is 1. The van der Waals surface area contributed by atoms with Crippen LogP contribution in [0.4, 0.5) is 25.7 Å². The van der Waals surface area contributed by atoms with Crippen LogP contribution in [0.15, 0.2) is 28.7 Å². The lowest BCUT2D eigenvalue weighted by Gasteiger charge is -2.28. The van der Waals surface area contributed by atoms with Crippen molar-refractivity contribution in [2.45, 2.75) is 6.10 Å². The number of ether oxygens (including phenoxy) is 1. The Bertz CT molecular complexity index is 891. The van der Waals surface area contributed by atoms with Crippen molar-refractivity contribution in [2.75, 3.05) is 41.0 Å². The number of anilines is 3. The molecule has 1 saturated heterocycles. The summed E-state index contributed by atoms with van der Waals surface area (Å²) in [7, 11) is 0. The second kappa shape index (κ2) is 7.00. The highest BCUT2D eigenvalue weighted by Gasteiger charge is 2.32. The third-order valence-electron chi connectivity index (χ3n) is 4.21. The maximum atomic E-state index is 14.6. The molecule has 9 nitrogen and oxygen atoms in total. The van der Waals surface area contributed by atoms with E-state index in [2.05, 4.69) is 10.1 Å². The van der Waals surface area contributed by atoms with Crippen molar-refractivity contribution in [2.24, 2.45) is 5.10 Å². The number of aliphatic hydroxyl groups excluding tert-OH is 1. The summed E-state index contributed by atoms with van der Waals surface area (Å²) in [4.78, 5) is 18.7. The second-order valence-corrected chi connectivity index (χ2v) is 6.81. The van der Waals surface area contributed by atoms with Crippen LogP contribution in [-0.4, -0.2) is 60.0 Å². The average Bonchev–Trinajstić information content (AvgIpc) is 3.27. The van der Waals surface area contributed by atoms with Crippen LogP contribution in [0.5, 0.6) is 5.88 Å². The standard InChI is InChI=1S/C16H16FN5O4S/c17-12-5-10(21-6-11(7-23)26-16(21)25)1-2-13(12)20-3-4-22(18-9-20)15-19-14(24)8-27-15/h1-2,5,8-9,11,23-24H,3-4,6-7H2/t11-/m1/s1. The van der Waals surface area contributed by atoms with E-state index in [1.807, 2.05) is 0 Å². The van der Waals surface area contributed by atoms with E-state index in [1.54, 1.807) is 22.0 Å². The summed E-state index contributed by atoms with van der Waals surface area (Å²) in [6, 6.07) is 4.45. The molecule has 0 radical (unpaired) electrons. The normalized spacial score (nSPS) is 19.7. The van der Waals surface area contributed by atoms with Crippen LogP contribution >= 0.6 is 11.3 Å². The molecule has 0 aliphatic carbocycles. The van der Waals surface area contributed by atoms with Gasteiger partial charge in [0.15, 0.2) is 0 Å². The van der Waals surface area contributed by atoms with Gasteiger partial charge in [-0.25, -0.2) is 14.2 Å². The lowest BCUT2D eigenvalue weighted by Crippen LogP contribution is -2.38. The van der Waals surface area contributed by atoms with Gasteiger partial charge in [0.2, 0.25) is 11.0 Å². The molecule has 1 amide bonds. The third kappa shape index (κ3) is 3.38. The summed E-state index contributed by atoms with van der Waals surface area (Å²) < 4.78 is 19.6. The van der Waals surface area contributed by atoms with E-state index in [9.17, 15) is 14.3 Å². The molecule has 3 heterocycles. The molecule has 1 aromatic carbocycles. The molecule has 2 aromatic rings. The van der Waals surface area contributed by atoms with Crippen LogP contribution in [-0.2, 0) is 4.74 Å². The van der Waals surface area contributed by atoms with Gasteiger partial charge in [-0.05, 0) is 18.2 Å². The lowest BCUT2D eigenvalue weighted by atomic mass is 10.2. The molecule has 4 rings (SSSR count). The number of carbonyl (C=O) groups is 1. The Morgan fingerprint density at radius 1 is 1.37 bits per heavy atom. The van der Waals surface area contributed by atoms with Gasteiger partial charge in [-0.15, -0.1) is 0 Å². The summed E-state index contributed by atoms with van der Waals surface area (Å²) in [5.41, 5.74) is 0.696. The van der Waals surface area contributed by atoms with E-state index in [4.69, 9.17) is 9.84 Å². The minimum atomic E-state index is -0.608. The SMILES string of the molecule is O=C1O[C@@H](CO)CN1c1ccc(N2C=NN(c3nc(O)cs3)CC2)c(F)c1. The molecule has 1 aromatic heterocycles. The van der Waals surface area contributed by atoms with Crippen molar-refractivity contribution in [1.82, 2.24) is 4.98 Å². The number of amides is 1. The maximum Gasteiger partial charge on any atom is 0.414 e. The average molecular weight is 393 g/mol. The van der Waals surface area contributed by atoms with Crippen LogP contribution < -0.4 is 14.8 Å². The molecule has 2 aliphatic heterocycles. The number of aromatic nitrogens is 1. The van der Waals surface area contributed by atoms with Gasteiger partial charge < -0.3 is 19.8 Å². The van der Waals surface area contributed by atoms with Crippen molar-refractivity contribution in [1.29, 1.82) is 0 Å². The minimum absolute atomic E-state index is 0.0573. The topological polar surface area (TPSA) is 102 Å². The van der Waals surface area contributed by atoms with E-state index in [0.717, 1.165) is 0 Å². The molecule has 0 saturated carbocycles. The molecule has 142 valence electrons. The Labute approximate surface area is 157 Å². The second-order valence-electron chi connectivity index (χ2n) is 5.97. The number of aliphatic hydroxyl groups is 1. The van der Waals surface area contributed by atoms with Crippen molar-refractivity contribution < 1.29 is 24.1 Å². The van der Waals surface area contributed by atoms with Gasteiger partial charge in [-0.1, -0.05) is 11.3 Å². The number of carbonyl (C=O) groups excluding carboxylic acids is 1. The number of rotatable bonds is 4. The molecular formula is C16H16FN5O4S. The van der Waals surface area contributed by atoms with Gasteiger partial charge in [0.1, 0.15) is 18.3 Å². The predicted molar refractivity (Wildman–Crippen MR) is 98.1 cm³/mol. The first-order valence-corrected chi connectivity index (χ1v) is 9.04. The first kappa shape index (κ1) is 17.5. The highest BCUT2D eigenvalue weighted by Crippen LogP contribution is 2.29. The molecule has 0 unspecified atom stereocenters. The number of halogens is 1. The quantitative estimate of drug-likeness (QED) is 0.813. The van der Waals surface area contributed by atoms with Crippen molar-refractivity contribution in [3.8, 4) is 5.88 Å². The number of thiazole rings is 1. The Balaban J connectivity index is 1.49. The van der Waals surface area contributed by atoms with E-state index in [1.165, 1.54) is 34.0 Å². The van der Waals surface area contributed by atoms with Gasteiger partial charge in [-0.3, -0.25) is 4.90 Å². The Hall–Kier alpha value is -2.92. The fourth-order valence-electron chi connectivity index (χ4n) is 2.87. The fourth-order valence-corrected chi connectivity index (χ4v) is 3.54. The molecule has 0 bridgehead atoms. The molecule has 1 atom stereocenters. The maximum absolute atomic E-state index is 14.6. The van der Waals surface area contributed by atoms with E-state index in [0.29, 0.717) is 29.6 Å². The predicted octanol–water partition coefficient (Wildman–Crippen LogP) is 1.58. The number of hydrogen-bond donors (Lipinski definition) is 2. The molecular weight excluding hydrogens is 377 g/mol. The van der Waals surface area contributed by atoms with Crippen LogP contribution in [0.1, 0.15) is 0 Å². The number of hydrogen-bond acceptors (Lipinski definition) is 9. The number of aromatic hydroxyl groups is 1. The molecule has 2 N–H and O–H groups in total. The molecule has 11 heteroatoms. The summed E-state index contributed by atoms with van der Waals surface area (Å²) in [6.07, 6.45) is 0.278. The smallest absolute Gasteiger partial charge is 0.414 e. The first-order valence-electron chi connectivity index (χ1n) is 8.16.